The topological polar surface area (TPSA) is 65.4 Å². The molecule has 1 saturated carbocycles. The second-order valence-corrected chi connectivity index (χ2v) is 4.40. The van der Waals surface area contributed by atoms with Gasteiger partial charge in [0, 0.05) is 32.7 Å². The molecular weight excluding hydrogens is 218 g/mol. The molecule has 5 nitrogen and oxygen atoms in total. The van der Waals surface area contributed by atoms with Gasteiger partial charge in [0.25, 0.3) is 0 Å². The average molecular weight is 239 g/mol. The van der Waals surface area contributed by atoms with Crippen molar-refractivity contribution in [1.82, 2.24) is 10.2 Å². The molecular formula is C12H21N3O2. The van der Waals surface area contributed by atoms with Crippen LogP contribution in [0.15, 0.2) is 0 Å². The van der Waals surface area contributed by atoms with Crippen LogP contribution in [-0.2, 0) is 9.53 Å². The second-order valence-electron chi connectivity index (χ2n) is 4.40. The van der Waals surface area contributed by atoms with Crippen LogP contribution in [0.1, 0.15) is 26.2 Å². The fourth-order valence-corrected chi connectivity index (χ4v) is 1.62. The molecule has 17 heavy (non-hydrogen) atoms. The summed E-state index contributed by atoms with van der Waals surface area (Å²) in [5.41, 5.74) is 0. The first-order chi connectivity index (χ1) is 8.19. The van der Waals surface area contributed by atoms with Crippen molar-refractivity contribution in [3.8, 4) is 6.07 Å². The molecule has 1 unspecified atom stereocenters. The Morgan fingerprint density at radius 3 is 2.82 bits per heavy atom. The Labute approximate surface area is 103 Å². The van der Waals surface area contributed by atoms with E-state index < -0.39 is 0 Å². The van der Waals surface area contributed by atoms with E-state index in [0.717, 1.165) is 12.8 Å². The monoisotopic (exact) mass is 239 g/mol. The quantitative estimate of drug-likeness (QED) is 0.670. The van der Waals surface area contributed by atoms with Crippen LogP contribution in [0.25, 0.3) is 0 Å². The van der Waals surface area contributed by atoms with E-state index in [4.69, 9.17) is 10.00 Å². The Balaban J connectivity index is 2.40. The molecule has 1 amide bonds. The normalized spacial score (nSPS) is 16.6. The van der Waals surface area contributed by atoms with Gasteiger partial charge in [-0.05, 0) is 19.8 Å². The molecule has 1 aliphatic carbocycles. The maximum absolute atomic E-state index is 11.9. The molecule has 5 heteroatoms. The van der Waals surface area contributed by atoms with E-state index in [1.807, 2.05) is 11.8 Å². The van der Waals surface area contributed by atoms with Gasteiger partial charge < -0.3 is 10.1 Å². The first-order valence-electron chi connectivity index (χ1n) is 6.09. The number of hydrogen-bond acceptors (Lipinski definition) is 4. The fourth-order valence-electron chi connectivity index (χ4n) is 1.62. The van der Waals surface area contributed by atoms with Crippen molar-refractivity contribution in [1.29, 1.82) is 5.26 Å². The number of rotatable bonds is 8. The third-order valence-electron chi connectivity index (χ3n) is 2.94. The van der Waals surface area contributed by atoms with Crippen molar-refractivity contribution in [3.05, 3.63) is 0 Å². The predicted molar refractivity (Wildman–Crippen MR) is 64.3 cm³/mol. The van der Waals surface area contributed by atoms with Crippen molar-refractivity contribution in [2.24, 2.45) is 0 Å². The van der Waals surface area contributed by atoms with Crippen molar-refractivity contribution in [3.63, 3.8) is 0 Å². The number of carbonyl (C=O) groups excluding carboxylic acids is 1. The van der Waals surface area contributed by atoms with Crippen molar-refractivity contribution in [2.45, 2.75) is 38.3 Å². The molecule has 1 fully saturated rings. The Bertz CT molecular complexity index is 284. The lowest BCUT2D eigenvalue weighted by Gasteiger charge is -2.27. The van der Waals surface area contributed by atoms with Crippen LogP contribution in [0.5, 0.6) is 0 Å². The predicted octanol–water partition coefficient (Wildman–Crippen LogP) is 0.516. The smallest absolute Gasteiger partial charge is 0.237 e. The van der Waals surface area contributed by atoms with Crippen LogP contribution in [0.3, 0.4) is 0 Å². The minimum Gasteiger partial charge on any atom is -0.383 e. The van der Waals surface area contributed by atoms with Gasteiger partial charge in [0.05, 0.1) is 18.7 Å². The molecule has 1 atom stereocenters. The van der Waals surface area contributed by atoms with Crippen molar-refractivity contribution < 1.29 is 9.53 Å². The van der Waals surface area contributed by atoms with Crippen molar-refractivity contribution >= 4 is 5.91 Å². The Morgan fingerprint density at radius 1 is 1.59 bits per heavy atom. The third-order valence-corrected chi connectivity index (χ3v) is 2.94. The highest BCUT2D eigenvalue weighted by molar-refractivity contribution is 5.81. The Kier molecular flexibility index (Phi) is 5.95. The van der Waals surface area contributed by atoms with Gasteiger partial charge in [-0.25, -0.2) is 0 Å². The number of methoxy groups -OCH3 is 1. The summed E-state index contributed by atoms with van der Waals surface area (Å²) in [6.07, 6.45) is 2.62. The van der Waals surface area contributed by atoms with E-state index in [9.17, 15) is 4.79 Å². The van der Waals surface area contributed by atoms with E-state index in [-0.39, 0.29) is 11.9 Å². The van der Waals surface area contributed by atoms with E-state index in [2.05, 4.69) is 11.4 Å². The minimum absolute atomic E-state index is 0.0570. The zero-order valence-corrected chi connectivity index (χ0v) is 10.6. The summed E-state index contributed by atoms with van der Waals surface area (Å²) in [5.74, 6) is 0.0570. The van der Waals surface area contributed by atoms with Gasteiger partial charge in [-0.2, -0.15) is 5.26 Å². The SMILES string of the molecule is COCCN(CCC#N)C(C)C(=O)NC1CC1. The highest BCUT2D eigenvalue weighted by Gasteiger charge is 2.27. The molecule has 0 aromatic heterocycles. The van der Waals surface area contributed by atoms with Gasteiger partial charge in [0.15, 0.2) is 0 Å². The van der Waals surface area contributed by atoms with Crippen LogP contribution < -0.4 is 5.32 Å². The molecule has 1 rings (SSSR count). The van der Waals surface area contributed by atoms with Crippen LogP contribution >= 0.6 is 0 Å². The van der Waals surface area contributed by atoms with Crippen molar-refractivity contribution in [2.75, 3.05) is 26.8 Å². The van der Waals surface area contributed by atoms with Crippen LogP contribution in [0.4, 0.5) is 0 Å². The fraction of sp³-hybridized carbons (Fsp3) is 0.833. The van der Waals surface area contributed by atoms with E-state index in [1.54, 1.807) is 7.11 Å². The number of nitrogens with zero attached hydrogens (tertiary/aromatic N) is 2. The minimum atomic E-state index is -0.195. The molecule has 0 spiro atoms. The molecule has 0 aliphatic heterocycles. The van der Waals surface area contributed by atoms with E-state index in [1.165, 1.54) is 0 Å². The van der Waals surface area contributed by atoms with Crippen LogP contribution in [-0.4, -0.2) is 49.7 Å². The van der Waals surface area contributed by atoms with Gasteiger partial charge >= 0.3 is 0 Å². The highest BCUT2D eigenvalue weighted by atomic mass is 16.5. The van der Waals surface area contributed by atoms with Crippen LogP contribution in [0, 0.1) is 11.3 Å². The average Bonchev–Trinajstić information content (AvgIpc) is 3.12. The lowest BCUT2D eigenvalue weighted by atomic mass is 10.2. The summed E-state index contributed by atoms with van der Waals surface area (Å²) in [6.45, 7) is 3.74. The largest absolute Gasteiger partial charge is 0.383 e. The number of nitriles is 1. The first-order valence-corrected chi connectivity index (χ1v) is 6.09. The molecule has 1 aliphatic rings. The highest BCUT2D eigenvalue weighted by Crippen LogP contribution is 2.19. The molecule has 0 aromatic rings. The lowest BCUT2D eigenvalue weighted by Crippen LogP contribution is -2.47. The third kappa shape index (κ3) is 5.16. The Morgan fingerprint density at radius 2 is 2.29 bits per heavy atom. The number of nitrogens with one attached hydrogen (secondary N) is 1. The zero-order chi connectivity index (χ0) is 12.7. The number of ether oxygens (including phenoxy) is 1. The second kappa shape index (κ2) is 7.25. The summed E-state index contributed by atoms with van der Waals surface area (Å²) < 4.78 is 5.02. The van der Waals surface area contributed by atoms with Gasteiger partial charge in [-0.1, -0.05) is 0 Å². The summed E-state index contributed by atoms with van der Waals surface area (Å²) in [5, 5.41) is 11.6. The molecule has 0 aromatic carbocycles. The molecule has 0 heterocycles. The van der Waals surface area contributed by atoms with E-state index in [0.29, 0.717) is 32.2 Å². The molecule has 1 N–H and O–H groups in total. The van der Waals surface area contributed by atoms with Gasteiger partial charge in [0.2, 0.25) is 5.91 Å². The summed E-state index contributed by atoms with van der Waals surface area (Å²) in [4.78, 5) is 13.9. The number of amides is 1. The number of hydrogen-bond donors (Lipinski definition) is 1. The summed E-state index contributed by atoms with van der Waals surface area (Å²) in [7, 11) is 1.64. The van der Waals surface area contributed by atoms with Gasteiger partial charge in [0.1, 0.15) is 0 Å². The maximum Gasteiger partial charge on any atom is 0.237 e. The standard InChI is InChI=1S/C12H21N3O2/c1-10(12(16)14-11-4-5-11)15(7-3-6-13)8-9-17-2/h10-11H,3-5,7-9H2,1-2H3,(H,14,16). The van der Waals surface area contributed by atoms with Crippen LogP contribution in [0.2, 0.25) is 0 Å². The van der Waals surface area contributed by atoms with Gasteiger partial charge in [-0.3, -0.25) is 9.69 Å². The lowest BCUT2D eigenvalue weighted by molar-refractivity contribution is -0.126. The maximum atomic E-state index is 11.9. The summed E-state index contributed by atoms with van der Waals surface area (Å²) in [6, 6.07) is 2.29. The molecule has 0 bridgehead atoms. The first kappa shape index (κ1) is 13.9. The molecule has 96 valence electrons. The number of carbonyl (C=O) groups is 1. The van der Waals surface area contributed by atoms with Gasteiger partial charge in [-0.15, -0.1) is 0 Å². The summed E-state index contributed by atoms with van der Waals surface area (Å²) >= 11 is 0. The molecule has 0 saturated heterocycles. The zero-order valence-electron chi connectivity index (χ0n) is 10.6. The van der Waals surface area contributed by atoms with E-state index >= 15 is 0 Å². The molecule has 0 radical (unpaired) electrons. The Hall–Kier alpha value is -1.12.